The summed E-state index contributed by atoms with van der Waals surface area (Å²) < 4.78 is 56.2. The maximum Gasteiger partial charge on any atom is 0.231 e. The molecule has 1 amide bonds. The van der Waals surface area contributed by atoms with E-state index in [4.69, 9.17) is 10.7 Å². The van der Waals surface area contributed by atoms with Crippen LogP contribution in [0.1, 0.15) is 49.0 Å². The van der Waals surface area contributed by atoms with Crippen LogP contribution in [-0.2, 0) is 21.2 Å². The number of hydrogen-bond acceptors (Lipinski definition) is 6. The number of aliphatic hydroxyl groups is 1. The van der Waals surface area contributed by atoms with Crippen molar-refractivity contribution >= 4 is 27.3 Å². The topological polar surface area (TPSA) is 140 Å². The van der Waals surface area contributed by atoms with E-state index in [1.807, 2.05) is 0 Å². The molecule has 4 rings (SSSR count). The molecule has 0 aliphatic rings. The molecular weight excluding hydrogens is 552 g/mol. The average Bonchev–Trinajstić information content (AvgIpc) is 3.14. The number of sulfonamides is 1. The summed E-state index contributed by atoms with van der Waals surface area (Å²) in [5.41, 5.74) is 6.85. The highest BCUT2D eigenvalue weighted by molar-refractivity contribution is 7.92. The van der Waals surface area contributed by atoms with Crippen molar-refractivity contribution in [2.24, 2.45) is 5.73 Å². The van der Waals surface area contributed by atoms with Crippen LogP contribution >= 0.6 is 0 Å². The van der Waals surface area contributed by atoms with Gasteiger partial charge in [0.2, 0.25) is 15.9 Å². The van der Waals surface area contributed by atoms with Crippen LogP contribution in [0.3, 0.4) is 0 Å². The fourth-order valence-electron chi connectivity index (χ4n) is 4.58. The summed E-state index contributed by atoms with van der Waals surface area (Å²) in [5, 5.41) is 10.1. The minimum Gasteiger partial charge on any atom is -0.378 e. The first-order chi connectivity index (χ1) is 19.1. The van der Waals surface area contributed by atoms with E-state index >= 15 is 0 Å². The molecule has 0 radical (unpaired) electrons. The predicted octanol–water partition coefficient (Wildman–Crippen LogP) is 3.68. The molecule has 41 heavy (non-hydrogen) atoms. The van der Waals surface area contributed by atoms with Gasteiger partial charge in [0.25, 0.3) is 0 Å². The molecule has 0 bridgehead atoms. The highest BCUT2D eigenvalue weighted by Gasteiger charge is 2.24. The molecule has 0 saturated heterocycles. The van der Waals surface area contributed by atoms with Gasteiger partial charge >= 0.3 is 0 Å². The van der Waals surface area contributed by atoms with E-state index in [9.17, 15) is 27.1 Å². The number of nitrogens with one attached hydrogen (secondary N) is 1. The smallest absolute Gasteiger partial charge is 0.231 e. The molecule has 0 fully saturated rings. The lowest BCUT2D eigenvalue weighted by atomic mass is 9.88. The second-order valence-corrected chi connectivity index (χ2v) is 12.0. The van der Waals surface area contributed by atoms with Crippen molar-refractivity contribution in [2.45, 2.75) is 45.1 Å². The third-order valence-electron chi connectivity index (χ3n) is 6.05. The monoisotopic (exact) mass is 581 g/mol. The molecule has 3 heterocycles. The van der Waals surface area contributed by atoms with Crippen molar-refractivity contribution in [1.82, 2.24) is 14.4 Å². The summed E-state index contributed by atoms with van der Waals surface area (Å²) in [6, 6.07) is 11.7. The van der Waals surface area contributed by atoms with E-state index in [0.29, 0.717) is 39.5 Å². The van der Waals surface area contributed by atoms with Crippen molar-refractivity contribution in [1.29, 1.82) is 0 Å². The summed E-state index contributed by atoms with van der Waals surface area (Å²) in [6.07, 6.45) is 0.858. The molecular formula is C29H29F2N5O4S. The number of hydrogen-bond donors (Lipinski definition) is 3. The van der Waals surface area contributed by atoms with Gasteiger partial charge in [0.05, 0.1) is 23.2 Å². The number of amides is 1. The van der Waals surface area contributed by atoms with E-state index in [-0.39, 0.29) is 18.7 Å². The first-order valence-corrected chi connectivity index (χ1v) is 14.4. The van der Waals surface area contributed by atoms with Crippen LogP contribution < -0.4 is 10.5 Å². The van der Waals surface area contributed by atoms with Crippen LogP contribution in [0.15, 0.2) is 48.5 Å². The minimum absolute atomic E-state index is 0.0275. The van der Waals surface area contributed by atoms with Crippen LogP contribution in [0, 0.1) is 30.4 Å². The number of aryl methyl sites for hydroxylation is 1. The SMILES string of the molecule is Cc1nc(NS(C)(=O)=O)c2cccc(-c3ccc(C#CC(C)(C)O)nc3[C@H](CC(N)=O)Cc3cc(F)cc(F)c3)n12. The Labute approximate surface area is 236 Å². The molecule has 1 aromatic carbocycles. The van der Waals surface area contributed by atoms with Gasteiger partial charge in [0.15, 0.2) is 5.82 Å². The van der Waals surface area contributed by atoms with Gasteiger partial charge in [-0.2, -0.15) is 0 Å². The van der Waals surface area contributed by atoms with Gasteiger partial charge in [0, 0.05) is 24.0 Å². The van der Waals surface area contributed by atoms with Crippen LogP contribution in [-0.4, -0.2) is 45.7 Å². The average molecular weight is 582 g/mol. The van der Waals surface area contributed by atoms with Crippen molar-refractivity contribution in [3.63, 3.8) is 0 Å². The lowest BCUT2D eigenvalue weighted by Gasteiger charge is -2.20. The van der Waals surface area contributed by atoms with E-state index in [1.54, 1.807) is 41.7 Å². The molecule has 3 aromatic heterocycles. The van der Waals surface area contributed by atoms with E-state index in [2.05, 4.69) is 21.5 Å². The molecule has 12 heteroatoms. The quantitative estimate of drug-likeness (QED) is 0.271. The highest BCUT2D eigenvalue weighted by Crippen LogP contribution is 2.35. The molecule has 1 atom stereocenters. The normalized spacial score (nSPS) is 12.6. The zero-order valence-electron chi connectivity index (χ0n) is 22.9. The van der Waals surface area contributed by atoms with Crippen LogP contribution in [0.2, 0.25) is 0 Å². The Bertz CT molecular complexity index is 1800. The number of benzene rings is 1. The van der Waals surface area contributed by atoms with Gasteiger partial charge in [-0.1, -0.05) is 12.0 Å². The van der Waals surface area contributed by atoms with Gasteiger partial charge in [-0.15, -0.1) is 0 Å². The third kappa shape index (κ3) is 7.45. The van der Waals surface area contributed by atoms with Gasteiger partial charge < -0.3 is 10.8 Å². The number of primary amides is 1. The highest BCUT2D eigenvalue weighted by atomic mass is 32.2. The van der Waals surface area contributed by atoms with Crippen molar-refractivity contribution in [2.75, 3.05) is 11.0 Å². The standard InChI is InChI=1S/C29H29F2N5O4S/c1-17-33-28(35-41(4,39)40)25-7-5-6-24(36(17)25)23-9-8-22(10-11-29(2,3)38)34-27(23)19(15-26(32)37)12-18-13-20(30)16-21(31)14-18/h5-9,13-14,16,19,35,38H,12,15H2,1-4H3,(H2,32,37)/t19-/m0/s1. The number of carbonyl (C=O) groups is 1. The summed E-state index contributed by atoms with van der Waals surface area (Å²) >= 11 is 0. The first-order valence-electron chi connectivity index (χ1n) is 12.6. The molecule has 9 nitrogen and oxygen atoms in total. The lowest BCUT2D eigenvalue weighted by molar-refractivity contribution is -0.118. The number of rotatable bonds is 8. The Balaban J connectivity index is 1.97. The second-order valence-electron chi connectivity index (χ2n) is 10.3. The number of fused-ring (bicyclic) bond motifs is 1. The van der Waals surface area contributed by atoms with E-state index in [1.165, 1.54) is 26.0 Å². The summed E-state index contributed by atoms with van der Waals surface area (Å²) in [7, 11) is -3.62. The number of anilines is 1. The van der Waals surface area contributed by atoms with E-state index < -0.39 is 39.1 Å². The van der Waals surface area contributed by atoms with Gasteiger partial charge in [-0.25, -0.2) is 27.2 Å². The molecule has 0 unspecified atom stereocenters. The second kappa shape index (κ2) is 11.3. The Morgan fingerprint density at radius 2 is 1.83 bits per heavy atom. The lowest BCUT2D eigenvalue weighted by Crippen LogP contribution is -2.19. The fourth-order valence-corrected chi connectivity index (χ4v) is 5.09. The summed E-state index contributed by atoms with van der Waals surface area (Å²) in [4.78, 5) is 21.3. The van der Waals surface area contributed by atoms with Crippen LogP contribution in [0.5, 0.6) is 0 Å². The molecule has 0 aliphatic carbocycles. The summed E-state index contributed by atoms with van der Waals surface area (Å²) in [6.45, 7) is 4.75. The Hall–Kier alpha value is -4.34. The van der Waals surface area contributed by atoms with Crippen LogP contribution in [0.4, 0.5) is 14.6 Å². The number of imidazole rings is 1. The largest absolute Gasteiger partial charge is 0.378 e. The van der Waals surface area contributed by atoms with E-state index in [0.717, 1.165) is 12.3 Å². The number of nitrogens with zero attached hydrogens (tertiary/aromatic N) is 3. The molecule has 4 aromatic rings. The fraction of sp³-hybridized carbons (Fsp3) is 0.276. The maximum atomic E-state index is 14.1. The van der Waals surface area contributed by atoms with Gasteiger partial charge in [-0.3, -0.25) is 13.9 Å². The zero-order valence-corrected chi connectivity index (χ0v) is 23.7. The molecule has 0 saturated carbocycles. The van der Waals surface area contributed by atoms with Gasteiger partial charge in [-0.05, 0) is 75.1 Å². The third-order valence-corrected chi connectivity index (χ3v) is 6.61. The predicted molar refractivity (Wildman–Crippen MR) is 151 cm³/mol. The molecule has 0 spiro atoms. The summed E-state index contributed by atoms with van der Waals surface area (Å²) in [5.74, 6) is 3.24. The minimum atomic E-state index is -3.62. The molecule has 0 aliphatic heterocycles. The Kier molecular flexibility index (Phi) is 8.15. The van der Waals surface area contributed by atoms with Crippen molar-refractivity contribution in [3.05, 3.63) is 82.9 Å². The van der Waals surface area contributed by atoms with Crippen LogP contribution in [0.25, 0.3) is 16.8 Å². The van der Waals surface area contributed by atoms with Gasteiger partial charge in [0.1, 0.15) is 28.8 Å². The zero-order chi connectivity index (χ0) is 30.1. The molecule has 214 valence electrons. The number of nitrogens with two attached hydrogens (primary N) is 1. The first kappa shape index (κ1) is 29.6. The number of aromatic nitrogens is 3. The maximum absolute atomic E-state index is 14.1. The van der Waals surface area contributed by atoms with Crippen molar-refractivity contribution < 1.29 is 27.1 Å². The van der Waals surface area contributed by atoms with Crippen molar-refractivity contribution in [3.8, 4) is 23.1 Å². The number of pyridine rings is 2. The Morgan fingerprint density at radius 3 is 2.44 bits per heavy atom. The Morgan fingerprint density at radius 1 is 1.15 bits per heavy atom. The number of carbonyl (C=O) groups excluding carboxylic acids is 1. The number of halogens is 2. The molecule has 4 N–H and O–H groups in total.